The Labute approximate surface area is 151 Å². The predicted octanol–water partition coefficient (Wildman–Crippen LogP) is 6.21. The molecule has 0 radical (unpaired) electrons. The third-order valence-electron chi connectivity index (χ3n) is 4.85. The Morgan fingerprint density at radius 1 is 0.960 bits per heavy atom. The molecule has 2 aromatic heterocycles. The number of para-hydroxylation sites is 1. The van der Waals surface area contributed by atoms with E-state index < -0.39 is 0 Å². The summed E-state index contributed by atoms with van der Waals surface area (Å²) in [6, 6.07) is 17.2. The maximum Gasteiger partial charge on any atom is 0.111 e. The standard InChI is InChI=1S/C22H18N2S/c1-22(2,3)16-8-9-18-19-14(16)10-11-23-20(19)15-12-13-6-4-5-7-17(13)24-21(15)25-18/h4-12H,1-3H3. The molecule has 25 heavy (non-hydrogen) atoms. The second-order valence-corrected chi connectivity index (χ2v) is 8.61. The number of rotatable bonds is 0. The fourth-order valence-corrected chi connectivity index (χ4v) is 4.72. The van der Waals surface area contributed by atoms with Crippen molar-refractivity contribution in [3.8, 4) is 11.3 Å². The minimum atomic E-state index is 0.101. The van der Waals surface area contributed by atoms with Crippen molar-refractivity contribution in [2.75, 3.05) is 0 Å². The van der Waals surface area contributed by atoms with E-state index in [0.717, 1.165) is 27.2 Å². The van der Waals surface area contributed by atoms with Crippen molar-refractivity contribution in [2.45, 2.75) is 36.1 Å². The van der Waals surface area contributed by atoms with Crippen LogP contribution in [0.5, 0.6) is 0 Å². The molecule has 4 aromatic rings. The van der Waals surface area contributed by atoms with Gasteiger partial charge in [0.15, 0.2) is 0 Å². The molecule has 0 spiro atoms. The number of benzene rings is 2. The van der Waals surface area contributed by atoms with E-state index in [1.54, 1.807) is 11.8 Å². The highest BCUT2D eigenvalue weighted by atomic mass is 32.2. The third-order valence-corrected chi connectivity index (χ3v) is 5.91. The smallest absolute Gasteiger partial charge is 0.111 e. The van der Waals surface area contributed by atoms with E-state index in [-0.39, 0.29) is 5.41 Å². The summed E-state index contributed by atoms with van der Waals surface area (Å²) in [6.07, 6.45) is 1.94. The Kier molecular flexibility index (Phi) is 3.02. The van der Waals surface area contributed by atoms with Crippen LogP contribution in [0, 0.1) is 0 Å². The molecular formula is C22H18N2S. The minimum absolute atomic E-state index is 0.101. The van der Waals surface area contributed by atoms with E-state index >= 15 is 0 Å². The van der Waals surface area contributed by atoms with Crippen molar-refractivity contribution < 1.29 is 0 Å². The molecule has 0 saturated carbocycles. The summed E-state index contributed by atoms with van der Waals surface area (Å²) in [4.78, 5) is 10.9. The maximum atomic E-state index is 4.90. The number of aromatic nitrogens is 2. The Morgan fingerprint density at radius 2 is 1.80 bits per heavy atom. The summed E-state index contributed by atoms with van der Waals surface area (Å²) in [5.74, 6) is 0. The number of hydrogen-bond acceptors (Lipinski definition) is 3. The normalized spacial score (nSPS) is 13.2. The molecule has 0 amide bonds. The Hall–Kier alpha value is -2.39. The molecule has 122 valence electrons. The van der Waals surface area contributed by atoms with Crippen molar-refractivity contribution >= 4 is 33.4 Å². The lowest BCUT2D eigenvalue weighted by Gasteiger charge is -2.25. The van der Waals surface area contributed by atoms with Gasteiger partial charge >= 0.3 is 0 Å². The number of hydrogen-bond donors (Lipinski definition) is 0. The largest absolute Gasteiger partial charge is 0.255 e. The van der Waals surface area contributed by atoms with E-state index in [9.17, 15) is 0 Å². The monoisotopic (exact) mass is 342 g/mol. The van der Waals surface area contributed by atoms with Gasteiger partial charge in [-0.3, -0.25) is 4.98 Å². The molecule has 0 bridgehead atoms. The number of nitrogens with zero attached hydrogens (tertiary/aromatic N) is 2. The van der Waals surface area contributed by atoms with Gasteiger partial charge in [-0.2, -0.15) is 0 Å². The highest BCUT2D eigenvalue weighted by Crippen LogP contribution is 2.48. The first kappa shape index (κ1) is 14.9. The molecule has 2 nitrogen and oxygen atoms in total. The van der Waals surface area contributed by atoms with Crippen molar-refractivity contribution in [1.29, 1.82) is 0 Å². The summed E-state index contributed by atoms with van der Waals surface area (Å²) in [5.41, 5.74) is 4.71. The van der Waals surface area contributed by atoms with E-state index in [1.165, 1.54) is 21.2 Å². The van der Waals surface area contributed by atoms with Gasteiger partial charge in [0.05, 0.1) is 11.2 Å². The van der Waals surface area contributed by atoms with Crippen molar-refractivity contribution in [1.82, 2.24) is 9.97 Å². The topological polar surface area (TPSA) is 25.8 Å². The van der Waals surface area contributed by atoms with Gasteiger partial charge < -0.3 is 0 Å². The van der Waals surface area contributed by atoms with Crippen LogP contribution in [0.1, 0.15) is 26.3 Å². The number of pyridine rings is 2. The molecule has 0 unspecified atom stereocenters. The summed E-state index contributed by atoms with van der Waals surface area (Å²) >= 11 is 1.76. The van der Waals surface area contributed by atoms with Gasteiger partial charge in [-0.05, 0) is 40.6 Å². The lowest BCUT2D eigenvalue weighted by molar-refractivity contribution is 0.595. The average molecular weight is 342 g/mol. The van der Waals surface area contributed by atoms with Crippen molar-refractivity contribution in [3.63, 3.8) is 0 Å². The Balaban J connectivity index is 1.89. The van der Waals surface area contributed by atoms with E-state index in [2.05, 4.69) is 63.2 Å². The van der Waals surface area contributed by atoms with Crippen LogP contribution in [-0.2, 0) is 5.41 Å². The van der Waals surface area contributed by atoms with Gasteiger partial charge in [-0.25, -0.2) is 4.98 Å². The highest BCUT2D eigenvalue weighted by molar-refractivity contribution is 7.99. The summed E-state index contributed by atoms with van der Waals surface area (Å²) < 4.78 is 0. The first-order valence-corrected chi connectivity index (χ1v) is 9.34. The molecule has 5 rings (SSSR count). The molecule has 1 aliphatic rings. The zero-order valence-electron chi connectivity index (χ0n) is 14.5. The predicted molar refractivity (Wildman–Crippen MR) is 105 cm³/mol. The van der Waals surface area contributed by atoms with E-state index in [1.807, 2.05) is 12.3 Å². The molecule has 2 aromatic carbocycles. The van der Waals surface area contributed by atoms with Crippen LogP contribution in [0.4, 0.5) is 0 Å². The summed E-state index contributed by atoms with van der Waals surface area (Å²) in [5, 5.41) is 4.79. The lowest BCUT2D eigenvalue weighted by atomic mass is 9.83. The molecule has 1 aliphatic heterocycles. The Bertz CT molecular complexity index is 1160. The fourth-order valence-electron chi connectivity index (χ4n) is 3.66. The van der Waals surface area contributed by atoms with Crippen LogP contribution in [0.2, 0.25) is 0 Å². The summed E-state index contributed by atoms with van der Waals surface area (Å²) in [7, 11) is 0. The highest BCUT2D eigenvalue weighted by Gasteiger charge is 2.25. The SMILES string of the molecule is CC(C)(C)c1ccc2c3c(nccc13)-c1cc3ccccc3nc1S2. The lowest BCUT2D eigenvalue weighted by Crippen LogP contribution is -2.12. The van der Waals surface area contributed by atoms with Gasteiger partial charge in [0.2, 0.25) is 0 Å². The summed E-state index contributed by atoms with van der Waals surface area (Å²) in [6.45, 7) is 6.80. The second-order valence-electron chi connectivity index (χ2n) is 7.58. The Morgan fingerprint density at radius 3 is 2.64 bits per heavy atom. The van der Waals surface area contributed by atoms with E-state index in [4.69, 9.17) is 9.97 Å². The van der Waals surface area contributed by atoms with Gasteiger partial charge in [0.25, 0.3) is 0 Å². The zero-order valence-corrected chi connectivity index (χ0v) is 15.3. The number of fused-ring (bicyclic) bond motifs is 3. The first-order valence-electron chi connectivity index (χ1n) is 8.52. The molecule has 3 heterocycles. The molecule has 3 heteroatoms. The van der Waals surface area contributed by atoms with E-state index in [0.29, 0.717) is 0 Å². The van der Waals surface area contributed by atoms with Gasteiger partial charge in [0, 0.05) is 27.4 Å². The van der Waals surface area contributed by atoms with Crippen LogP contribution < -0.4 is 0 Å². The van der Waals surface area contributed by atoms with Crippen LogP contribution in [0.25, 0.3) is 32.9 Å². The van der Waals surface area contributed by atoms with Crippen molar-refractivity contribution in [3.05, 3.63) is 60.3 Å². The molecule has 0 N–H and O–H groups in total. The van der Waals surface area contributed by atoms with Crippen LogP contribution in [-0.4, -0.2) is 9.97 Å². The van der Waals surface area contributed by atoms with Gasteiger partial charge in [-0.1, -0.05) is 56.8 Å². The molecule has 0 fully saturated rings. The fraction of sp³-hybridized carbons (Fsp3) is 0.182. The van der Waals surface area contributed by atoms with Crippen LogP contribution in [0.15, 0.2) is 64.6 Å². The molecule has 0 saturated heterocycles. The van der Waals surface area contributed by atoms with Gasteiger partial charge in [-0.15, -0.1) is 0 Å². The molecule has 0 aliphatic carbocycles. The average Bonchev–Trinajstić information content (AvgIpc) is 2.59. The second kappa shape index (κ2) is 5.06. The van der Waals surface area contributed by atoms with Crippen LogP contribution in [0.3, 0.4) is 0 Å². The molecular weight excluding hydrogens is 324 g/mol. The van der Waals surface area contributed by atoms with Crippen LogP contribution >= 0.6 is 11.8 Å². The molecule has 0 atom stereocenters. The maximum absolute atomic E-state index is 4.90. The quantitative estimate of drug-likeness (QED) is 0.334. The van der Waals surface area contributed by atoms with Crippen molar-refractivity contribution in [2.24, 2.45) is 0 Å². The third kappa shape index (κ3) is 2.19. The zero-order chi connectivity index (χ0) is 17.2. The first-order chi connectivity index (χ1) is 12.0. The van der Waals surface area contributed by atoms with Gasteiger partial charge in [0.1, 0.15) is 5.03 Å². The minimum Gasteiger partial charge on any atom is -0.255 e.